The van der Waals surface area contributed by atoms with Crippen molar-refractivity contribution in [1.29, 1.82) is 0 Å². The molecule has 0 aromatic rings. The summed E-state index contributed by atoms with van der Waals surface area (Å²) >= 11 is 0. The van der Waals surface area contributed by atoms with E-state index in [-0.39, 0.29) is 0 Å². The molecule has 14 heavy (non-hydrogen) atoms. The van der Waals surface area contributed by atoms with Crippen LogP contribution in [-0.4, -0.2) is 0 Å². The molecule has 3 aliphatic rings. The van der Waals surface area contributed by atoms with Crippen LogP contribution in [0.1, 0.15) is 46.0 Å². The standard InChI is InChI=1S/C14H22/c1-3-4-5-12(2)14-9-6-13(7-10-14)8-11-14/h6-7,9-10,12-13H,3-5,8,11H2,1-2H3. The highest BCUT2D eigenvalue weighted by Crippen LogP contribution is 2.47. The maximum Gasteiger partial charge on any atom is 0.00873 e. The van der Waals surface area contributed by atoms with Gasteiger partial charge in [-0.15, -0.1) is 0 Å². The summed E-state index contributed by atoms with van der Waals surface area (Å²) in [6.07, 6.45) is 16.7. The van der Waals surface area contributed by atoms with E-state index in [4.69, 9.17) is 0 Å². The van der Waals surface area contributed by atoms with E-state index in [0.717, 1.165) is 11.8 Å². The molecule has 0 fully saturated rings. The van der Waals surface area contributed by atoms with Crippen molar-refractivity contribution in [2.24, 2.45) is 17.3 Å². The van der Waals surface area contributed by atoms with E-state index in [0.29, 0.717) is 5.41 Å². The highest BCUT2D eigenvalue weighted by atomic mass is 14.4. The van der Waals surface area contributed by atoms with Gasteiger partial charge in [0.1, 0.15) is 0 Å². The largest absolute Gasteiger partial charge is 0.0807 e. The first-order valence-electron chi connectivity index (χ1n) is 6.15. The average Bonchev–Trinajstić information content (AvgIpc) is 2.28. The molecule has 2 bridgehead atoms. The summed E-state index contributed by atoms with van der Waals surface area (Å²) in [4.78, 5) is 0. The van der Waals surface area contributed by atoms with Crippen molar-refractivity contribution in [2.45, 2.75) is 46.0 Å². The fourth-order valence-corrected chi connectivity index (χ4v) is 2.85. The zero-order valence-electron chi connectivity index (χ0n) is 9.50. The number of unbranched alkanes of at least 4 members (excludes halogenated alkanes) is 1. The molecule has 0 radical (unpaired) electrons. The summed E-state index contributed by atoms with van der Waals surface area (Å²) in [7, 11) is 0. The molecule has 1 atom stereocenters. The predicted octanol–water partition coefficient (Wildman–Crippen LogP) is 4.34. The van der Waals surface area contributed by atoms with Gasteiger partial charge < -0.3 is 0 Å². The van der Waals surface area contributed by atoms with Gasteiger partial charge in [-0.2, -0.15) is 0 Å². The fourth-order valence-electron chi connectivity index (χ4n) is 2.85. The minimum absolute atomic E-state index is 0.434. The Morgan fingerprint density at radius 1 is 1.36 bits per heavy atom. The molecule has 3 aliphatic carbocycles. The van der Waals surface area contributed by atoms with Gasteiger partial charge >= 0.3 is 0 Å². The molecule has 1 unspecified atom stereocenters. The third kappa shape index (κ3) is 1.67. The minimum Gasteiger partial charge on any atom is -0.0807 e. The summed E-state index contributed by atoms with van der Waals surface area (Å²) in [6, 6.07) is 0. The second-order valence-electron chi connectivity index (χ2n) is 5.08. The van der Waals surface area contributed by atoms with Gasteiger partial charge in [0, 0.05) is 5.41 Å². The summed E-state index contributed by atoms with van der Waals surface area (Å²) in [5, 5.41) is 0. The molecule has 78 valence electrons. The van der Waals surface area contributed by atoms with E-state index >= 15 is 0 Å². The molecule has 0 aliphatic heterocycles. The van der Waals surface area contributed by atoms with Gasteiger partial charge in [0.25, 0.3) is 0 Å². The van der Waals surface area contributed by atoms with Gasteiger partial charge in [-0.05, 0) is 31.1 Å². The normalized spacial score (nSPS) is 36.3. The molecule has 0 spiro atoms. The Kier molecular flexibility index (Phi) is 2.80. The number of hydrogen-bond donors (Lipinski definition) is 0. The summed E-state index contributed by atoms with van der Waals surface area (Å²) < 4.78 is 0. The van der Waals surface area contributed by atoms with Crippen molar-refractivity contribution in [3.8, 4) is 0 Å². The predicted molar refractivity (Wildman–Crippen MR) is 62.1 cm³/mol. The topological polar surface area (TPSA) is 0 Å². The molecular weight excluding hydrogens is 168 g/mol. The number of fused-ring (bicyclic) bond motifs is 1. The van der Waals surface area contributed by atoms with Crippen LogP contribution in [0.15, 0.2) is 24.3 Å². The molecule has 0 N–H and O–H groups in total. The lowest BCUT2D eigenvalue weighted by atomic mass is 9.63. The maximum atomic E-state index is 2.49. The lowest BCUT2D eigenvalue weighted by Crippen LogP contribution is -2.31. The van der Waals surface area contributed by atoms with Crippen LogP contribution >= 0.6 is 0 Å². The van der Waals surface area contributed by atoms with E-state index in [1.165, 1.54) is 32.1 Å². The lowest BCUT2D eigenvalue weighted by Gasteiger charge is -2.41. The Bertz CT molecular complexity index is 233. The molecule has 0 saturated carbocycles. The van der Waals surface area contributed by atoms with Crippen LogP contribution in [0, 0.1) is 17.3 Å². The van der Waals surface area contributed by atoms with E-state index in [1.807, 2.05) is 0 Å². The SMILES string of the molecule is CCCCC(C)C12C=CC(C=C1)CC2. The lowest BCUT2D eigenvalue weighted by molar-refractivity contribution is 0.239. The van der Waals surface area contributed by atoms with Gasteiger partial charge in [-0.25, -0.2) is 0 Å². The van der Waals surface area contributed by atoms with Crippen LogP contribution in [0.5, 0.6) is 0 Å². The quantitative estimate of drug-likeness (QED) is 0.579. The van der Waals surface area contributed by atoms with Gasteiger partial charge in [-0.1, -0.05) is 51.0 Å². The molecule has 3 rings (SSSR count). The third-order valence-electron chi connectivity index (χ3n) is 4.13. The van der Waals surface area contributed by atoms with Crippen LogP contribution in [0.3, 0.4) is 0 Å². The highest BCUT2D eigenvalue weighted by Gasteiger charge is 2.36. The van der Waals surface area contributed by atoms with Gasteiger partial charge in [-0.3, -0.25) is 0 Å². The van der Waals surface area contributed by atoms with Crippen molar-refractivity contribution in [1.82, 2.24) is 0 Å². The molecule has 0 amide bonds. The number of allylic oxidation sites excluding steroid dienone is 4. The zero-order chi connectivity index (χ0) is 10.0. The summed E-state index contributed by atoms with van der Waals surface area (Å²) in [5.41, 5.74) is 0.434. The van der Waals surface area contributed by atoms with Crippen LogP contribution in [0.25, 0.3) is 0 Å². The van der Waals surface area contributed by atoms with Crippen molar-refractivity contribution in [3.05, 3.63) is 24.3 Å². The van der Waals surface area contributed by atoms with Crippen molar-refractivity contribution < 1.29 is 0 Å². The van der Waals surface area contributed by atoms with Crippen LogP contribution in [-0.2, 0) is 0 Å². The van der Waals surface area contributed by atoms with Gasteiger partial charge in [0.05, 0.1) is 0 Å². The first-order chi connectivity index (χ1) is 6.77. The Morgan fingerprint density at radius 2 is 2.07 bits per heavy atom. The molecule has 0 nitrogen and oxygen atoms in total. The average molecular weight is 190 g/mol. The second kappa shape index (κ2) is 3.92. The Morgan fingerprint density at radius 3 is 2.57 bits per heavy atom. The molecular formula is C14H22. The van der Waals surface area contributed by atoms with E-state index < -0.39 is 0 Å². The van der Waals surface area contributed by atoms with Crippen LogP contribution < -0.4 is 0 Å². The van der Waals surface area contributed by atoms with Crippen molar-refractivity contribution in [2.75, 3.05) is 0 Å². The van der Waals surface area contributed by atoms with E-state index in [1.54, 1.807) is 0 Å². The first kappa shape index (κ1) is 10.0. The zero-order valence-corrected chi connectivity index (χ0v) is 9.50. The number of rotatable bonds is 4. The number of hydrogen-bond acceptors (Lipinski definition) is 0. The molecule has 0 saturated heterocycles. The molecule has 0 heterocycles. The smallest absolute Gasteiger partial charge is 0.00873 e. The van der Waals surface area contributed by atoms with Crippen molar-refractivity contribution >= 4 is 0 Å². The first-order valence-corrected chi connectivity index (χ1v) is 6.15. The van der Waals surface area contributed by atoms with E-state index in [2.05, 4.69) is 38.2 Å². The van der Waals surface area contributed by atoms with Crippen LogP contribution in [0.4, 0.5) is 0 Å². The molecule has 0 aromatic heterocycles. The van der Waals surface area contributed by atoms with Crippen molar-refractivity contribution in [3.63, 3.8) is 0 Å². The molecule has 0 aromatic carbocycles. The third-order valence-corrected chi connectivity index (χ3v) is 4.13. The Labute approximate surface area is 88.1 Å². The molecule has 0 heteroatoms. The summed E-state index contributed by atoms with van der Waals surface area (Å²) in [5.74, 6) is 1.59. The van der Waals surface area contributed by atoms with Gasteiger partial charge in [0.15, 0.2) is 0 Å². The van der Waals surface area contributed by atoms with Crippen LogP contribution in [0.2, 0.25) is 0 Å². The second-order valence-corrected chi connectivity index (χ2v) is 5.08. The monoisotopic (exact) mass is 190 g/mol. The van der Waals surface area contributed by atoms with Gasteiger partial charge in [0.2, 0.25) is 0 Å². The minimum atomic E-state index is 0.434. The maximum absolute atomic E-state index is 2.49. The Hall–Kier alpha value is -0.520. The summed E-state index contributed by atoms with van der Waals surface area (Å²) in [6.45, 7) is 4.71. The Balaban J connectivity index is 2.04. The highest BCUT2D eigenvalue weighted by molar-refractivity contribution is 5.25. The fraction of sp³-hybridized carbons (Fsp3) is 0.714. The van der Waals surface area contributed by atoms with E-state index in [9.17, 15) is 0 Å².